The summed E-state index contributed by atoms with van der Waals surface area (Å²) in [6, 6.07) is 16.6. The van der Waals surface area contributed by atoms with Gasteiger partial charge in [0.15, 0.2) is 0 Å². The van der Waals surface area contributed by atoms with Gasteiger partial charge in [-0.25, -0.2) is 0 Å². The first-order chi connectivity index (χ1) is 14.2. The number of nitriles is 1. The highest BCUT2D eigenvalue weighted by Gasteiger charge is 2.23. The van der Waals surface area contributed by atoms with Crippen LogP contribution in [0, 0.1) is 11.3 Å². The highest BCUT2D eigenvalue weighted by atomic mass is 35.5. The molecule has 0 spiro atoms. The van der Waals surface area contributed by atoms with Gasteiger partial charge in [-0.2, -0.15) is 5.26 Å². The van der Waals surface area contributed by atoms with E-state index >= 15 is 0 Å². The van der Waals surface area contributed by atoms with Gasteiger partial charge in [0, 0.05) is 37.0 Å². The normalized spacial score (nSPS) is 10.9. The number of para-hydroxylation sites is 1. The Labute approximate surface area is 187 Å². The number of carbonyl (C=O) groups excluding carboxylic acids is 2. The number of anilines is 1. The molecule has 0 heterocycles. The lowest BCUT2D eigenvalue weighted by Gasteiger charge is -2.26. The maximum atomic E-state index is 12.7. The van der Waals surface area contributed by atoms with Gasteiger partial charge in [-0.3, -0.25) is 9.59 Å². The lowest BCUT2D eigenvalue weighted by atomic mass is 9.84. The fraction of sp³-hybridized carbons (Fsp3) is 0.348. The molecule has 0 aliphatic carbocycles. The molecule has 0 aliphatic rings. The Morgan fingerprint density at radius 3 is 2.40 bits per heavy atom. The summed E-state index contributed by atoms with van der Waals surface area (Å²) >= 11 is 12.1. The Hall–Kier alpha value is -2.55. The number of hydrogen-bond donors (Lipinski definition) is 1. The predicted molar refractivity (Wildman–Crippen MR) is 121 cm³/mol. The molecular weight excluding hydrogens is 421 g/mol. The van der Waals surface area contributed by atoms with Gasteiger partial charge < -0.3 is 10.2 Å². The van der Waals surface area contributed by atoms with E-state index in [0.717, 1.165) is 11.3 Å². The molecule has 0 radical (unpaired) electrons. The van der Waals surface area contributed by atoms with Crippen LogP contribution in [0.3, 0.4) is 0 Å². The monoisotopic (exact) mass is 445 g/mol. The molecule has 0 fully saturated rings. The van der Waals surface area contributed by atoms with E-state index in [1.165, 1.54) is 0 Å². The van der Waals surface area contributed by atoms with E-state index < -0.39 is 0 Å². The van der Waals surface area contributed by atoms with E-state index in [1.54, 1.807) is 17.0 Å². The summed E-state index contributed by atoms with van der Waals surface area (Å²) in [6.45, 7) is 4.69. The molecule has 0 saturated carbocycles. The van der Waals surface area contributed by atoms with Crippen LogP contribution in [-0.4, -0.2) is 24.9 Å². The third-order valence-electron chi connectivity index (χ3n) is 4.81. The van der Waals surface area contributed by atoms with Crippen LogP contribution < -0.4 is 10.2 Å². The molecule has 7 heteroatoms. The zero-order valence-electron chi connectivity index (χ0n) is 17.1. The first-order valence-corrected chi connectivity index (χ1v) is 10.4. The van der Waals surface area contributed by atoms with Crippen molar-refractivity contribution < 1.29 is 9.59 Å². The van der Waals surface area contributed by atoms with Gasteiger partial charge in [-0.15, -0.1) is 0 Å². The minimum atomic E-state index is -0.350. The Morgan fingerprint density at radius 2 is 1.77 bits per heavy atom. The molecular formula is C23H25Cl2N3O2. The van der Waals surface area contributed by atoms with E-state index in [1.807, 2.05) is 50.2 Å². The first-order valence-electron chi connectivity index (χ1n) is 9.69. The minimum absolute atomic E-state index is 0.0688. The van der Waals surface area contributed by atoms with Crippen LogP contribution >= 0.6 is 23.2 Å². The van der Waals surface area contributed by atoms with Crippen LogP contribution in [0.5, 0.6) is 0 Å². The quantitative estimate of drug-likeness (QED) is 0.582. The summed E-state index contributed by atoms with van der Waals surface area (Å²) in [7, 11) is 0. The van der Waals surface area contributed by atoms with Gasteiger partial charge in [-0.1, -0.05) is 61.3 Å². The summed E-state index contributed by atoms with van der Waals surface area (Å²) in [5.41, 5.74) is 1.33. The Balaban J connectivity index is 1.91. The fourth-order valence-corrected chi connectivity index (χ4v) is 3.25. The fourth-order valence-electron chi connectivity index (χ4n) is 2.95. The average molecular weight is 446 g/mol. The molecule has 0 unspecified atom stereocenters. The van der Waals surface area contributed by atoms with E-state index in [2.05, 4.69) is 11.4 Å². The number of benzene rings is 2. The second-order valence-electron chi connectivity index (χ2n) is 7.58. The summed E-state index contributed by atoms with van der Waals surface area (Å²) in [4.78, 5) is 26.5. The summed E-state index contributed by atoms with van der Waals surface area (Å²) in [6.07, 6.45) is 0.371. The van der Waals surface area contributed by atoms with E-state index in [0.29, 0.717) is 23.1 Å². The molecule has 2 amide bonds. The van der Waals surface area contributed by atoms with Gasteiger partial charge in [0.2, 0.25) is 11.8 Å². The standard InChI is InChI=1S/C23H25Cl2N3O2/c1-23(2,17-9-10-19(24)20(25)15-17)16-27-21(29)11-12-22(30)28(14-6-13-26)18-7-4-3-5-8-18/h3-5,7-10,15H,6,11-12,14,16H2,1-2H3,(H,27,29). The molecule has 2 rings (SSSR count). The van der Waals surface area contributed by atoms with Crippen molar-refractivity contribution >= 4 is 40.7 Å². The minimum Gasteiger partial charge on any atom is -0.355 e. The Kier molecular flexibility index (Phi) is 8.71. The van der Waals surface area contributed by atoms with Crippen molar-refractivity contribution in [3.63, 3.8) is 0 Å². The van der Waals surface area contributed by atoms with Crippen molar-refractivity contribution in [2.45, 2.75) is 38.5 Å². The van der Waals surface area contributed by atoms with Crippen molar-refractivity contribution in [3.8, 4) is 6.07 Å². The van der Waals surface area contributed by atoms with Crippen molar-refractivity contribution in [1.29, 1.82) is 5.26 Å². The molecule has 5 nitrogen and oxygen atoms in total. The predicted octanol–water partition coefficient (Wildman–Crippen LogP) is 5.11. The maximum Gasteiger partial charge on any atom is 0.227 e. The largest absolute Gasteiger partial charge is 0.355 e. The number of hydrogen-bond acceptors (Lipinski definition) is 3. The van der Waals surface area contributed by atoms with E-state index in [-0.39, 0.29) is 36.5 Å². The highest BCUT2D eigenvalue weighted by Crippen LogP contribution is 2.29. The van der Waals surface area contributed by atoms with E-state index in [4.69, 9.17) is 28.5 Å². The number of rotatable bonds is 9. The average Bonchev–Trinajstić information content (AvgIpc) is 2.73. The van der Waals surface area contributed by atoms with Gasteiger partial charge in [-0.05, 0) is 29.8 Å². The summed E-state index contributed by atoms with van der Waals surface area (Å²) < 4.78 is 0. The van der Waals surface area contributed by atoms with Crippen LogP contribution in [0.4, 0.5) is 5.69 Å². The second-order valence-corrected chi connectivity index (χ2v) is 8.39. The number of amides is 2. The Bertz CT molecular complexity index is 924. The number of carbonyl (C=O) groups is 2. The topological polar surface area (TPSA) is 73.2 Å². The van der Waals surface area contributed by atoms with Crippen molar-refractivity contribution in [3.05, 3.63) is 64.1 Å². The number of nitrogens with one attached hydrogen (secondary N) is 1. The molecule has 30 heavy (non-hydrogen) atoms. The van der Waals surface area contributed by atoms with Crippen LogP contribution in [-0.2, 0) is 15.0 Å². The molecule has 0 aliphatic heterocycles. The second kappa shape index (κ2) is 11.0. The molecule has 0 aromatic heterocycles. The highest BCUT2D eigenvalue weighted by molar-refractivity contribution is 6.42. The third kappa shape index (κ3) is 6.76. The number of halogens is 2. The molecule has 0 atom stereocenters. The lowest BCUT2D eigenvalue weighted by Crippen LogP contribution is -2.38. The summed E-state index contributed by atoms with van der Waals surface area (Å²) in [5.74, 6) is -0.389. The first kappa shape index (κ1) is 23.7. The van der Waals surface area contributed by atoms with Gasteiger partial charge >= 0.3 is 0 Å². The van der Waals surface area contributed by atoms with E-state index in [9.17, 15) is 9.59 Å². The lowest BCUT2D eigenvalue weighted by molar-refractivity contribution is -0.125. The van der Waals surface area contributed by atoms with Crippen LogP contribution in [0.25, 0.3) is 0 Å². The van der Waals surface area contributed by atoms with Crippen molar-refractivity contribution in [1.82, 2.24) is 5.32 Å². The maximum absolute atomic E-state index is 12.7. The van der Waals surface area contributed by atoms with Crippen LogP contribution in [0.15, 0.2) is 48.5 Å². The van der Waals surface area contributed by atoms with Crippen LogP contribution in [0.1, 0.15) is 38.7 Å². The summed E-state index contributed by atoms with van der Waals surface area (Å²) in [5, 5.41) is 12.7. The molecule has 2 aromatic carbocycles. The molecule has 1 N–H and O–H groups in total. The molecule has 0 bridgehead atoms. The zero-order valence-corrected chi connectivity index (χ0v) is 18.6. The van der Waals surface area contributed by atoms with Crippen LogP contribution in [0.2, 0.25) is 10.0 Å². The Morgan fingerprint density at radius 1 is 1.07 bits per heavy atom. The van der Waals surface area contributed by atoms with Gasteiger partial charge in [0.1, 0.15) is 0 Å². The zero-order chi connectivity index (χ0) is 22.1. The molecule has 158 valence electrons. The van der Waals surface area contributed by atoms with Gasteiger partial charge in [0.25, 0.3) is 0 Å². The smallest absolute Gasteiger partial charge is 0.227 e. The van der Waals surface area contributed by atoms with Gasteiger partial charge in [0.05, 0.1) is 22.5 Å². The number of nitrogens with zero attached hydrogens (tertiary/aromatic N) is 2. The van der Waals surface area contributed by atoms with Crippen molar-refractivity contribution in [2.75, 3.05) is 18.0 Å². The third-order valence-corrected chi connectivity index (χ3v) is 5.55. The SMILES string of the molecule is CC(C)(CNC(=O)CCC(=O)N(CCC#N)c1ccccc1)c1ccc(Cl)c(Cl)c1. The van der Waals surface area contributed by atoms with Crippen molar-refractivity contribution in [2.24, 2.45) is 0 Å². The molecule has 2 aromatic rings. The molecule has 0 saturated heterocycles.